The fraction of sp³-hybridized carbons (Fsp3) is 0.200. The monoisotopic (exact) mass is 248 g/mol. The minimum Gasteiger partial charge on any atom is -0.382 e. The van der Waals surface area contributed by atoms with Crippen molar-refractivity contribution in [3.8, 4) is 0 Å². The van der Waals surface area contributed by atoms with E-state index in [0.717, 1.165) is 5.69 Å². The molecule has 88 valence electrons. The first kappa shape index (κ1) is 11.5. The average Bonchev–Trinajstić information content (AvgIpc) is 2.81. The summed E-state index contributed by atoms with van der Waals surface area (Å²) in [4.78, 5) is 14.3. The molecule has 0 unspecified atom stereocenters. The van der Waals surface area contributed by atoms with Crippen LogP contribution in [0.1, 0.15) is 11.4 Å². The zero-order valence-electron chi connectivity index (χ0n) is 9.29. The highest BCUT2D eigenvalue weighted by molar-refractivity contribution is 7.07. The van der Waals surface area contributed by atoms with Crippen molar-refractivity contribution in [2.24, 2.45) is 5.73 Å². The number of nitrogen functional groups attached to an aromatic ring is 1. The number of aromatic nitrogens is 3. The number of anilines is 1. The quantitative estimate of drug-likeness (QED) is 0.618. The van der Waals surface area contributed by atoms with Crippen LogP contribution < -0.4 is 10.6 Å². The zero-order chi connectivity index (χ0) is 12.3. The molecule has 0 aliphatic carbocycles. The molecule has 0 aliphatic heterocycles. The van der Waals surface area contributed by atoms with Gasteiger partial charge >= 0.3 is 0 Å². The van der Waals surface area contributed by atoms with Crippen LogP contribution in [0.2, 0.25) is 0 Å². The van der Waals surface area contributed by atoms with Crippen molar-refractivity contribution in [3.05, 3.63) is 34.7 Å². The van der Waals surface area contributed by atoms with Gasteiger partial charge in [0.15, 0.2) is 5.82 Å². The summed E-state index contributed by atoms with van der Waals surface area (Å²) in [6.45, 7) is 0.614. The summed E-state index contributed by atoms with van der Waals surface area (Å²) in [5.41, 5.74) is 8.60. The van der Waals surface area contributed by atoms with Gasteiger partial charge in [0.1, 0.15) is 11.5 Å². The predicted octanol–water partition coefficient (Wildman–Crippen LogP) is 0.854. The van der Waals surface area contributed by atoms with Gasteiger partial charge in [0.05, 0.1) is 17.7 Å². The molecule has 0 aromatic carbocycles. The first-order chi connectivity index (χ1) is 8.18. The molecule has 2 rings (SSSR count). The Morgan fingerprint density at radius 3 is 2.82 bits per heavy atom. The van der Waals surface area contributed by atoms with Crippen molar-refractivity contribution in [2.45, 2.75) is 6.54 Å². The summed E-state index contributed by atoms with van der Waals surface area (Å²) in [5.74, 6) is 0.506. The van der Waals surface area contributed by atoms with E-state index in [0.29, 0.717) is 18.1 Å². The Hall–Kier alpha value is -2.02. The topological polar surface area (TPSA) is 91.8 Å². The van der Waals surface area contributed by atoms with Crippen molar-refractivity contribution in [1.29, 1.82) is 5.41 Å². The second kappa shape index (κ2) is 4.88. The Bertz CT molecular complexity index is 509. The molecule has 0 spiro atoms. The van der Waals surface area contributed by atoms with Crippen LogP contribution in [0.3, 0.4) is 0 Å². The number of nitrogens with one attached hydrogen (secondary N) is 1. The predicted molar refractivity (Wildman–Crippen MR) is 67.3 cm³/mol. The van der Waals surface area contributed by atoms with Crippen LogP contribution >= 0.6 is 11.3 Å². The van der Waals surface area contributed by atoms with E-state index in [-0.39, 0.29) is 5.84 Å². The maximum atomic E-state index is 7.45. The lowest BCUT2D eigenvalue weighted by Gasteiger charge is -2.18. The molecule has 7 heteroatoms. The maximum absolute atomic E-state index is 7.45. The fourth-order valence-corrected chi connectivity index (χ4v) is 1.98. The molecule has 0 amide bonds. The summed E-state index contributed by atoms with van der Waals surface area (Å²) >= 11 is 1.55. The molecule has 0 aliphatic rings. The first-order valence-electron chi connectivity index (χ1n) is 4.92. The number of thiazole rings is 1. The van der Waals surface area contributed by atoms with Crippen LogP contribution in [0, 0.1) is 5.41 Å². The standard InChI is InChI=1S/C10H12N6S/c1-16(4-7-5-17-6-15-7)10-8(9(11)12)13-2-3-14-10/h2-3,5-6H,4H2,1H3,(H3,11,12). The van der Waals surface area contributed by atoms with Gasteiger partial charge in [-0.25, -0.2) is 15.0 Å². The van der Waals surface area contributed by atoms with Crippen LogP contribution in [0.4, 0.5) is 5.82 Å². The van der Waals surface area contributed by atoms with E-state index in [2.05, 4.69) is 15.0 Å². The van der Waals surface area contributed by atoms with Crippen molar-refractivity contribution in [3.63, 3.8) is 0 Å². The molecular formula is C10H12N6S. The highest BCUT2D eigenvalue weighted by Crippen LogP contribution is 2.15. The van der Waals surface area contributed by atoms with E-state index in [9.17, 15) is 0 Å². The molecule has 2 aromatic heterocycles. The van der Waals surface area contributed by atoms with Gasteiger partial charge in [-0.2, -0.15) is 0 Å². The Kier molecular flexibility index (Phi) is 3.29. The Balaban J connectivity index is 2.24. The highest BCUT2D eigenvalue weighted by Gasteiger charge is 2.13. The Labute approximate surface area is 103 Å². The number of hydrogen-bond donors (Lipinski definition) is 2. The van der Waals surface area contributed by atoms with Gasteiger partial charge in [0.2, 0.25) is 0 Å². The lowest BCUT2D eigenvalue weighted by Crippen LogP contribution is -2.24. The van der Waals surface area contributed by atoms with Crippen molar-refractivity contribution < 1.29 is 0 Å². The molecule has 3 N–H and O–H groups in total. The van der Waals surface area contributed by atoms with Crippen molar-refractivity contribution in [2.75, 3.05) is 11.9 Å². The highest BCUT2D eigenvalue weighted by atomic mass is 32.1. The molecule has 0 saturated carbocycles. The summed E-state index contributed by atoms with van der Waals surface area (Å²) in [6.07, 6.45) is 3.11. The molecule has 6 nitrogen and oxygen atoms in total. The summed E-state index contributed by atoms with van der Waals surface area (Å²) < 4.78 is 0. The minimum absolute atomic E-state index is 0.0850. The van der Waals surface area contributed by atoms with Gasteiger partial charge < -0.3 is 10.6 Å². The number of rotatable bonds is 4. The second-order valence-corrected chi connectivity index (χ2v) is 4.20. The zero-order valence-corrected chi connectivity index (χ0v) is 10.1. The molecule has 0 saturated heterocycles. The van der Waals surface area contributed by atoms with E-state index in [1.807, 2.05) is 17.3 Å². The smallest absolute Gasteiger partial charge is 0.158 e. The lowest BCUT2D eigenvalue weighted by atomic mass is 10.3. The Morgan fingerprint density at radius 2 is 2.18 bits per heavy atom. The summed E-state index contributed by atoms with van der Waals surface area (Å²) in [6, 6.07) is 0. The molecule has 0 fully saturated rings. The van der Waals surface area contributed by atoms with Crippen molar-refractivity contribution >= 4 is 23.0 Å². The molecule has 0 bridgehead atoms. The third-order valence-electron chi connectivity index (χ3n) is 2.18. The van der Waals surface area contributed by atoms with E-state index >= 15 is 0 Å². The van der Waals surface area contributed by atoms with Crippen LogP contribution in [-0.4, -0.2) is 27.8 Å². The second-order valence-electron chi connectivity index (χ2n) is 3.48. The van der Waals surface area contributed by atoms with Gasteiger partial charge in [-0.15, -0.1) is 11.3 Å². The normalized spacial score (nSPS) is 10.2. The third kappa shape index (κ3) is 2.56. The van der Waals surface area contributed by atoms with E-state index in [1.54, 1.807) is 23.0 Å². The van der Waals surface area contributed by atoms with Gasteiger partial charge in [-0.3, -0.25) is 5.41 Å². The molecule has 0 radical (unpaired) electrons. The third-order valence-corrected chi connectivity index (χ3v) is 2.81. The van der Waals surface area contributed by atoms with Crippen LogP contribution in [0.5, 0.6) is 0 Å². The maximum Gasteiger partial charge on any atom is 0.158 e. The SMILES string of the molecule is CN(Cc1cscn1)c1nccnc1C(=N)N. The van der Waals surface area contributed by atoms with Crippen LogP contribution in [0.15, 0.2) is 23.3 Å². The molecule has 2 heterocycles. The lowest BCUT2D eigenvalue weighted by molar-refractivity contribution is 0.864. The molecule has 2 aromatic rings. The van der Waals surface area contributed by atoms with Crippen LogP contribution in [-0.2, 0) is 6.54 Å². The van der Waals surface area contributed by atoms with Gasteiger partial charge in [-0.05, 0) is 0 Å². The van der Waals surface area contributed by atoms with Gasteiger partial charge in [0.25, 0.3) is 0 Å². The van der Waals surface area contributed by atoms with E-state index in [1.165, 1.54) is 6.20 Å². The Morgan fingerprint density at radius 1 is 1.41 bits per heavy atom. The fourth-order valence-electron chi connectivity index (χ4n) is 1.43. The summed E-state index contributed by atoms with van der Waals surface area (Å²) in [5, 5.41) is 9.43. The van der Waals surface area contributed by atoms with Gasteiger partial charge in [0, 0.05) is 24.8 Å². The number of amidine groups is 1. The first-order valence-corrected chi connectivity index (χ1v) is 5.86. The number of nitrogens with zero attached hydrogens (tertiary/aromatic N) is 4. The molecule has 17 heavy (non-hydrogen) atoms. The van der Waals surface area contributed by atoms with E-state index in [4.69, 9.17) is 11.1 Å². The molecule has 0 atom stereocenters. The summed E-state index contributed by atoms with van der Waals surface area (Å²) in [7, 11) is 1.87. The largest absolute Gasteiger partial charge is 0.382 e. The average molecular weight is 248 g/mol. The minimum atomic E-state index is -0.0850. The van der Waals surface area contributed by atoms with Gasteiger partial charge in [-0.1, -0.05) is 0 Å². The number of nitrogens with two attached hydrogens (primary N) is 1. The van der Waals surface area contributed by atoms with Crippen LogP contribution in [0.25, 0.3) is 0 Å². The number of hydrogen-bond acceptors (Lipinski definition) is 6. The van der Waals surface area contributed by atoms with E-state index < -0.39 is 0 Å². The van der Waals surface area contributed by atoms with Crippen molar-refractivity contribution in [1.82, 2.24) is 15.0 Å². The molecular weight excluding hydrogens is 236 g/mol.